The Labute approximate surface area is 475 Å². The minimum Gasteiger partial charge on any atom is -0.394 e. The predicted octanol–water partition coefficient (Wildman–Crippen LogP) is 12.0. The number of rotatable bonds is 53. The molecule has 0 aromatic carbocycles. The molecular formula is C64H121NO13. The standard InChI is InChI=1S/C64H121NO13/c1-3-5-7-9-11-13-15-17-19-21-22-23-24-25-26-27-28-29-30-32-33-35-37-39-41-43-45-47-53(68)52(65-56(69)48-46-44-42-40-38-36-34-31-20-18-16-14-12-10-8-6-4-2)51-75-63-61(74)59(72)62(55(50-67)77-63)78-64-60(73)58(71)57(70)54(49-66)76-64/h18,20,45,47,52-55,57-64,66-68,70-74H,3-17,19,21-44,46,48-51H2,1-2H3,(H,65,69)/b20-18-,47-45+. The highest BCUT2D eigenvalue weighted by molar-refractivity contribution is 5.76. The normalized spacial score (nSPS) is 24.6. The summed E-state index contributed by atoms with van der Waals surface area (Å²) in [6.07, 6.45) is 43.7. The molecule has 0 aliphatic carbocycles. The van der Waals surface area contributed by atoms with Gasteiger partial charge in [0.2, 0.25) is 5.91 Å². The van der Waals surface area contributed by atoms with Crippen molar-refractivity contribution in [3.05, 3.63) is 24.3 Å². The van der Waals surface area contributed by atoms with Gasteiger partial charge in [0, 0.05) is 6.42 Å². The topological polar surface area (TPSA) is 228 Å². The number of allylic oxidation sites excluding steroid dienone is 3. The van der Waals surface area contributed by atoms with Crippen LogP contribution in [0.4, 0.5) is 0 Å². The van der Waals surface area contributed by atoms with Gasteiger partial charge in [0.25, 0.3) is 0 Å². The summed E-state index contributed by atoms with van der Waals surface area (Å²) >= 11 is 0. The van der Waals surface area contributed by atoms with Gasteiger partial charge in [-0.15, -0.1) is 0 Å². The van der Waals surface area contributed by atoms with Crippen LogP contribution in [-0.4, -0.2) is 140 Å². The first-order valence-corrected chi connectivity index (χ1v) is 32.6. The van der Waals surface area contributed by atoms with E-state index in [-0.39, 0.29) is 18.9 Å². The molecule has 0 bridgehead atoms. The molecule has 2 heterocycles. The molecule has 0 aromatic rings. The molecule has 0 saturated carbocycles. The lowest BCUT2D eigenvalue weighted by Gasteiger charge is -2.46. The van der Waals surface area contributed by atoms with Crippen LogP contribution in [0.3, 0.4) is 0 Å². The van der Waals surface area contributed by atoms with Crippen LogP contribution in [-0.2, 0) is 23.7 Å². The summed E-state index contributed by atoms with van der Waals surface area (Å²) in [6.45, 7) is 2.82. The lowest BCUT2D eigenvalue weighted by molar-refractivity contribution is -0.359. The molecule has 2 rings (SSSR count). The van der Waals surface area contributed by atoms with Crippen LogP contribution in [0.15, 0.2) is 24.3 Å². The maximum atomic E-state index is 13.3. The van der Waals surface area contributed by atoms with Crippen LogP contribution < -0.4 is 5.32 Å². The highest BCUT2D eigenvalue weighted by Gasteiger charge is 2.51. The monoisotopic (exact) mass is 1110 g/mol. The Morgan fingerprint density at radius 3 is 1.22 bits per heavy atom. The van der Waals surface area contributed by atoms with Crippen LogP contribution in [0, 0.1) is 0 Å². The van der Waals surface area contributed by atoms with Crippen molar-refractivity contribution in [3.8, 4) is 0 Å². The van der Waals surface area contributed by atoms with E-state index in [0.717, 1.165) is 44.9 Å². The van der Waals surface area contributed by atoms with Crippen molar-refractivity contribution in [1.82, 2.24) is 5.32 Å². The molecule has 0 radical (unpaired) electrons. The number of hydrogen-bond donors (Lipinski definition) is 9. The van der Waals surface area contributed by atoms with E-state index >= 15 is 0 Å². The Morgan fingerprint density at radius 1 is 0.449 bits per heavy atom. The summed E-state index contributed by atoms with van der Waals surface area (Å²) in [7, 11) is 0. The molecule has 2 aliphatic rings. The SMILES string of the molecule is CCCCCCCC/C=C\CCCCCCCCCC(=O)NC(COC1OC(CO)C(OC2OC(CO)C(O)C(O)C2O)C(O)C1O)C(O)/C=C/CCCCCCCCCCCCCCCCCCCCCCCCCCC. The van der Waals surface area contributed by atoms with Gasteiger partial charge in [-0.05, 0) is 44.9 Å². The number of unbranched alkanes of at least 4 members (excludes halogenated alkanes) is 38. The van der Waals surface area contributed by atoms with Gasteiger partial charge in [-0.3, -0.25) is 4.79 Å². The number of ether oxygens (including phenoxy) is 4. The van der Waals surface area contributed by atoms with E-state index in [1.54, 1.807) is 6.08 Å². The highest BCUT2D eigenvalue weighted by atomic mass is 16.7. The van der Waals surface area contributed by atoms with E-state index in [2.05, 4.69) is 31.3 Å². The molecule has 78 heavy (non-hydrogen) atoms. The average Bonchev–Trinajstić information content (AvgIpc) is 3.48. The number of nitrogens with one attached hydrogen (secondary N) is 1. The fourth-order valence-corrected chi connectivity index (χ4v) is 10.9. The molecule has 9 N–H and O–H groups in total. The van der Waals surface area contributed by atoms with Crippen LogP contribution in [0.5, 0.6) is 0 Å². The summed E-state index contributed by atoms with van der Waals surface area (Å²) in [4.78, 5) is 13.3. The van der Waals surface area contributed by atoms with Crippen molar-refractivity contribution in [1.29, 1.82) is 0 Å². The van der Waals surface area contributed by atoms with E-state index in [0.29, 0.717) is 6.42 Å². The summed E-state index contributed by atoms with van der Waals surface area (Å²) in [5.74, 6) is -0.240. The first kappa shape index (κ1) is 72.6. The van der Waals surface area contributed by atoms with E-state index < -0.39 is 86.8 Å². The van der Waals surface area contributed by atoms with Crippen LogP contribution in [0.25, 0.3) is 0 Å². The second-order valence-corrected chi connectivity index (χ2v) is 23.2. The van der Waals surface area contributed by atoms with Gasteiger partial charge >= 0.3 is 0 Å². The fourth-order valence-electron chi connectivity index (χ4n) is 10.9. The maximum absolute atomic E-state index is 13.3. The lowest BCUT2D eigenvalue weighted by atomic mass is 9.97. The van der Waals surface area contributed by atoms with Gasteiger partial charge in [0.1, 0.15) is 48.8 Å². The Hall–Kier alpha value is -1.53. The van der Waals surface area contributed by atoms with Gasteiger partial charge in [-0.2, -0.15) is 0 Å². The average molecular weight is 1110 g/mol. The molecule has 14 heteroatoms. The Bertz CT molecular complexity index is 1400. The summed E-state index contributed by atoms with van der Waals surface area (Å²) < 4.78 is 22.8. The first-order chi connectivity index (χ1) is 38.1. The smallest absolute Gasteiger partial charge is 0.220 e. The second kappa shape index (κ2) is 50.0. The Balaban J connectivity index is 1.71. The molecule has 12 atom stereocenters. The van der Waals surface area contributed by atoms with E-state index in [1.165, 1.54) is 212 Å². The van der Waals surface area contributed by atoms with Crippen LogP contribution >= 0.6 is 0 Å². The third-order valence-corrected chi connectivity index (χ3v) is 16.1. The third-order valence-electron chi connectivity index (χ3n) is 16.1. The zero-order valence-corrected chi connectivity index (χ0v) is 49.7. The van der Waals surface area contributed by atoms with Crippen molar-refractivity contribution in [2.45, 2.75) is 357 Å². The van der Waals surface area contributed by atoms with E-state index in [4.69, 9.17) is 18.9 Å². The van der Waals surface area contributed by atoms with Gasteiger partial charge < -0.3 is 65.1 Å². The first-order valence-electron chi connectivity index (χ1n) is 32.6. The zero-order chi connectivity index (χ0) is 56.7. The summed E-state index contributed by atoms with van der Waals surface area (Å²) in [5, 5.41) is 87.2. The van der Waals surface area contributed by atoms with Crippen molar-refractivity contribution >= 4 is 5.91 Å². The number of amides is 1. The minimum absolute atomic E-state index is 0.240. The van der Waals surface area contributed by atoms with Crippen molar-refractivity contribution < 1.29 is 64.6 Å². The van der Waals surface area contributed by atoms with Crippen molar-refractivity contribution in [2.24, 2.45) is 0 Å². The summed E-state index contributed by atoms with van der Waals surface area (Å²) in [5.41, 5.74) is 0. The molecule has 14 nitrogen and oxygen atoms in total. The Kier molecular flexibility index (Phi) is 46.5. The number of aliphatic hydroxyl groups is 8. The number of carbonyl (C=O) groups is 1. The quantitative estimate of drug-likeness (QED) is 0.0204. The van der Waals surface area contributed by atoms with Crippen LogP contribution in [0.1, 0.15) is 284 Å². The number of hydrogen-bond acceptors (Lipinski definition) is 13. The minimum atomic E-state index is -1.79. The number of aliphatic hydroxyl groups excluding tert-OH is 8. The molecule has 1 amide bonds. The highest BCUT2D eigenvalue weighted by Crippen LogP contribution is 2.30. The largest absolute Gasteiger partial charge is 0.394 e. The van der Waals surface area contributed by atoms with E-state index in [9.17, 15) is 45.6 Å². The van der Waals surface area contributed by atoms with Crippen LogP contribution in [0.2, 0.25) is 0 Å². The summed E-state index contributed by atoms with van der Waals surface area (Å²) in [6, 6.07) is -0.915. The molecule has 460 valence electrons. The molecule has 2 fully saturated rings. The van der Waals surface area contributed by atoms with Gasteiger partial charge in [0.05, 0.1) is 32.0 Å². The molecule has 0 aromatic heterocycles. The zero-order valence-electron chi connectivity index (χ0n) is 49.7. The maximum Gasteiger partial charge on any atom is 0.220 e. The molecule has 0 spiro atoms. The van der Waals surface area contributed by atoms with Crippen molar-refractivity contribution in [3.63, 3.8) is 0 Å². The molecular weight excluding hydrogens is 991 g/mol. The molecule has 12 unspecified atom stereocenters. The second-order valence-electron chi connectivity index (χ2n) is 23.2. The van der Waals surface area contributed by atoms with Crippen molar-refractivity contribution in [2.75, 3.05) is 19.8 Å². The Morgan fingerprint density at radius 2 is 0.808 bits per heavy atom. The molecule has 2 aliphatic heterocycles. The van der Waals surface area contributed by atoms with E-state index in [1.807, 2.05) is 6.08 Å². The van der Waals surface area contributed by atoms with Gasteiger partial charge in [-0.25, -0.2) is 0 Å². The predicted molar refractivity (Wildman–Crippen MR) is 314 cm³/mol. The van der Waals surface area contributed by atoms with Gasteiger partial charge in [0.15, 0.2) is 12.6 Å². The van der Waals surface area contributed by atoms with Gasteiger partial charge in [-0.1, -0.05) is 256 Å². The fraction of sp³-hybridized carbons (Fsp3) is 0.922. The number of carbonyl (C=O) groups excluding carboxylic acids is 1. The third kappa shape index (κ3) is 34.8. The molecule has 2 saturated heterocycles. The lowest BCUT2D eigenvalue weighted by Crippen LogP contribution is -2.65.